The molecule has 0 saturated carbocycles. The van der Waals surface area contributed by atoms with Crippen molar-refractivity contribution in [2.75, 3.05) is 14.7 Å². The van der Waals surface area contributed by atoms with Gasteiger partial charge in [0.15, 0.2) is 0 Å². The second-order valence-corrected chi connectivity index (χ2v) is 33.7. The molecule has 0 amide bonds. The number of hydrogen-bond donors (Lipinski definition) is 0. The van der Waals surface area contributed by atoms with E-state index in [1.165, 1.54) is 122 Å². The SMILES string of the molecule is CC(C)(C)c1ccc(N(c2ccc(C(C)(C)C)cc2)c2cc3c4c(c2)N(c2ccc5c(c2)sc2ccccc25)c2cc5c(cc2B4c2cc4c(cc2N3c2ccc3c(c2)C(C)(C)CCC3(C)C)C(C)(C)CCC4(C)C)C(C)(C)CCC5(C)C)cc1. The van der Waals surface area contributed by atoms with Gasteiger partial charge in [-0.1, -0.05) is 191 Å². The lowest BCUT2D eigenvalue weighted by Crippen LogP contribution is -2.62. The summed E-state index contributed by atoms with van der Waals surface area (Å²) in [5, 5.41) is 2.65. The first kappa shape index (κ1) is 56.3. The lowest BCUT2D eigenvalue weighted by Gasteiger charge is -2.49. The molecule has 434 valence electrons. The summed E-state index contributed by atoms with van der Waals surface area (Å²) in [6.07, 6.45) is 6.94. The van der Waals surface area contributed by atoms with Crippen molar-refractivity contribution in [2.24, 2.45) is 0 Å². The average molecular weight is 1140 g/mol. The third-order valence-corrected chi connectivity index (χ3v) is 23.1. The van der Waals surface area contributed by atoms with Gasteiger partial charge in [-0.2, -0.15) is 0 Å². The van der Waals surface area contributed by atoms with E-state index in [9.17, 15) is 0 Å². The van der Waals surface area contributed by atoms with Crippen LogP contribution in [0.4, 0.5) is 51.2 Å². The van der Waals surface area contributed by atoms with Gasteiger partial charge >= 0.3 is 0 Å². The highest BCUT2D eigenvalue weighted by molar-refractivity contribution is 7.25. The minimum absolute atomic E-state index is 0.00285. The molecule has 2 aliphatic heterocycles. The summed E-state index contributed by atoms with van der Waals surface area (Å²) in [5.74, 6) is 0. The monoisotopic (exact) mass is 1140 g/mol. The highest BCUT2D eigenvalue weighted by Gasteiger charge is 2.50. The summed E-state index contributed by atoms with van der Waals surface area (Å²) in [4.78, 5) is 8.06. The Hall–Kier alpha value is -6.56. The van der Waals surface area contributed by atoms with E-state index in [-0.39, 0.29) is 50.0 Å². The van der Waals surface area contributed by atoms with E-state index in [1.54, 1.807) is 0 Å². The molecule has 0 spiro atoms. The van der Waals surface area contributed by atoms with Crippen LogP contribution in [0.1, 0.15) is 208 Å². The molecule has 0 radical (unpaired) electrons. The predicted molar refractivity (Wildman–Crippen MR) is 371 cm³/mol. The molecule has 3 aliphatic carbocycles. The van der Waals surface area contributed by atoms with Crippen molar-refractivity contribution in [2.45, 2.75) is 206 Å². The maximum Gasteiger partial charge on any atom is 0.252 e. The number of benzene rings is 8. The Morgan fingerprint density at radius 2 is 0.753 bits per heavy atom. The zero-order valence-corrected chi connectivity index (χ0v) is 55.2. The second-order valence-electron chi connectivity index (χ2n) is 32.7. The molecule has 9 aromatic rings. The summed E-state index contributed by atoms with van der Waals surface area (Å²) in [7, 11) is 0. The molecule has 3 nitrogen and oxygen atoms in total. The van der Waals surface area contributed by atoms with Gasteiger partial charge in [-0.3, -0.25) is 0 Å². The van der Waals surface area contributed by atoms with Crippen LogP contribution < -0.4 is 31.1 Å². The number of nitrogens with zero attached hydrogens (tertiary/aromatic N) is 3. The second kappa shape index (κ2) is 18.5. The molecule has 1 aromatic heterocycles. The number of rotatable bonds is 5. The fraction of sp³-hybridized carbons (Fsp3) is 0.400. The van der Waals surface area contributed by atoms with E-state index < -0.39 is 0 Å². The highest BCUT2D eigenvalue weighted by atomic mass is 32.1. The molecule has 5 heteroatoms. The number of thiophene rings is 1. The Balaban J connectivity index is 1.15. The predicted octanol–water partition coefficient (Wildman–Crippen LogP) is 21.2. The van der Waals surface area contributed by atoms with Crippen molar-refractivity contribution in [1.29, 1.82) is 0 Å². The van der Waals surface area contributed by atoms with Crippen LogP contribution in [-0.4, -0.2) is 6.71 Å². The molecule has 0 fully saturated rings. The molecule has 0 atom stereocenters. The first-order valence-electron chi connectivity index (χ1n) is 32.1. The molecule has 8 aromatic carbocycles. The third-order valence-electron chi connectivity index (χ3n) is 22.0. The van der Waals surface area contributed by atoms with Crippen LogP contribution in [0.2, 0.25) is 0 Å². The zero-order valence-electron chi connectivity index (χ0n) is 54.4. The molecule has 0 saturated heterocycles. The maximum atomic E-state index is 2.76. The average Bonchev–Trinajstić information content (AvgIpc) is 0.983. The van der Waals surface area contributed by atoms with Gasteiger partial charge in [0.05, 0.1) is 5.69 Å². The van der Waals surface area contributed by atoms with Gasteiger partial charge in [-0.05, 0) is 222 Å². The van der Waals surface area contributed by atoms with Crippen molar-refractivity contribution in [1.82, 2.24) is 0 Å². The van der Waals surface area contributed by atoms with Crippen LogP contribution in [-0.2, 0) is 43.3 Å². The fourth-order valence-electron chi connectivity index (χ4n) is 16.0. The lowest BCUT2D eigenvalue weighted by atomic mass is 9.32. The van der Waals surface area contributed by atoms with E-state index in [0.29, 0.717) is 0 Å². The van der Waals surface area contributed by atoms with Crippen molar-refractivity contribution in [3.63, 3.8) is 0 Å². The minimum Gasteiger partial charge on any atom is -0.311 e. The van der Waals surface area contributed by atoms with E-state index in [4.69, 9.17) is 0 Å². The summed E-state index contributed by atoms with van der Waals surface area (Å²) in [6, 6.07) is 59.1. The number of hydrogen-bond acceptors (Lipinski definition) is 4. The zero-order chi connectivity index (χ0) is 60.1. The Kier molecular flexibility index (Phi) is 12.2. The van der Waals surface area contributed by atoms with Crippen LogP contribution >= 0.6 is 11.3 Å². The number of fused-ring (bicyclic) bond motifs is 10. The summed E-state index contributed by atoms with van der Waals surface area (Å²) in [6.45, 7) is 43.9. The molecule has 0 bridgehead atoms. The first-order valence-corrected chi connectivity index (χ1v) is 32.9. The lowest BCUT2D eigenvalue weighted by molar-refractivity contribution is 0.332. The van der Waals surface area contributed by atoms with Gasteiger partial charge in [0.25, 0.3) is 6.71 Å². The van der Waals surface area contributed by atoms with Gasteiger partial charge in [0.1, 0.15) is 0 Å². The van der Waals surface area contributed by atoms with Crippen molar-refractivity contribution >= 4 is 106 Å². The molecular weight excluding hydrogens is 1050 g/mol. The van der Waals surface area contributed by atoms with Gasteiger partial charge in [0.2, 0.25) is 0 Å². The van der Waals surface area contributed by atoms with Crippen LogP contribution in [0.5, 0.6) is 0 Å². The number of anilines is 9. The van der Waals surface area contributed by atoms with Crippen LogP contribution in [0.25, 0.3) is 20.2 Å². The molecular formula is C80H90BN3S. The molecule has 0 unspecified atom stereocenters. The Labute approximate surface area is 514 Å². The van der Waals surface area contributed by atoms with Crippen LogP contribution in [0.15, 0.2) is 146 Å². The quantitative estimate of drug-likeness (QED) is 0.159. The maximum absolute atomic E-state index is 2.76. The smallest absolute Gasteiger partial charge is 0.252 e. The van der Waals surface area contributed by atoms with E-state index in [2.05, 4.69) is 285 Å². The largest absolute Gasteiger partial charge is 0.311 e. The first-order chi connectivity index (χ1) is 39.8. The summed E-state index contributed by atoms with van der Waals surface area (Å²) >= 11 is 1.92. The Morgan fingerprint density at radius 1 is 0.365 bits per heavy atom. The molecule has 85 heavy (non-hydrogen) atoms. The van der Waals surface area contributed by atoms with Crippen LogP contribution in [0, 0.1) is 0 Å². The molecule has 3 heterocycles. The topological polar surface area (TPSA) is 9.72 Å². The van der Waals surface area contributed by atoms with Gasteiger partial charge < -0.3 is 14.7 Å². The molecule has 14 rings (SSSR count). The van der Waals surface area contributed by atoms with E-state index in [0.717, 1.165) is 49.2 Å². The summed E-state index contributed by atoms with van der Waals surface area (Å²) in [5.41, 5.74) is 26.9. The standard InChI is InChI=1S/C80H90BN3S/c1-73(2,3)49-23-27-51(28-24-49)82(52-29-25-50(26-30-52)74(4,5)6)55-42-68-72-69(43-55)84(54-31-33-57-56-21-19-20-22-70(56)85-71(57)44-54)67-48-63-61(78(13,14)38-40-80(63,17)18)46-65(67)81(72)64-45-60-62(79(15,16)39-37-77(60,11)12)47-66(64)83(68)53-32-34-58-59(41-53)76(9,10)36-35-75(58,7)8/h19-34,41-48H,35-40H2,1-18H3. The van der Waals surface area contributed by atoms with Gasteiger partial charge in [-0.15, -0.1) is 11.3 Å². The fourth-order valence-corrected chi connectivity index (χ4v) is 17.2. The highest BCUT2D eigenvalue weighted by Crippen LogP contribution is 2.56. The van der Waals surface area contributed by atoms with E-state index >= 15 is 0 Å². The van der Waals surface area contributed by atoms with Gasteiger partial charge in [0, 0.05) is 65.7 Å². The Morgan fingerprint density at radius 3 is 1.21 bits per heavy atom. The normalized spacial score (nSPS) is 19.2. The van der Waals surface area contributed by atoms with Gasteiger partial charge in [-0.25, -0.2) is 0 Å². The summed E-state index contributed by atoms with van der Waals surface area (Å²) < 4.78 is 2.64. The van der Waals surface area contributed by atoms with Crippen molar-refractivity contribution < 1.29 is 0 Å². The third kappa shape index (κ3) is 8.83. The molecule has 0 N–H and O–H groups in total. The molecule has 5 aliphatic rings. The van der Waals surface area contributed by atoms with E-state index in [1.807, 2.05) is 11.3 Å². The van der Waals surface area contributed by atoms with Crippen LogP contribution in [0.3, 0.4) is 0 Å². The van der Waals surface area contributed by atoms with Crippen molar-refractivity contribution in [3.05, 3.63) is 190 Å². The van der Waals surface area contributed by atoms with Crippen molar-refractivity contribution in [3.8, 4) is 0 Å². The minimum atomic E-state index is -0.0412. The Bertz CT molecular complexity index is 4170.